The first-order valence-electron chi connectivity index (χ1n) is 5.53. The van der Waals surface area contributed by atoms with Crippen molar-refractivity contribution in [1.82, 2.24) is 14.9 Å². The van der Waals surface area contributed by atoms with Gasteiger partial charge in [0.2, 0.25) is 0 Å². The lowest BCUT2D eigenvalue weighted by atomic mass is 10.2. The van der Waals surface area contributed by atoms with E-state index < -0.39 is 0 Å². The summed E-state index contributed by atoms with van der Waals surface area (Å²) in [5.74, 6) is -0.120. The van der Waals surface area contributed by atoms with E-state index in [1.807, 2.05) is 24.6 Å². The number of hydrogen-bond donors (Lipinski definition) is 1. The van der Waals surface area contributed by atoms with E-state index in [1.54, 1.807) is 28.4 Å². The summed E-state index contributed by atoms with van der Waals surface area (Å²) in [6.45, 7) is 2.06. The number of aryl methyl sites for hydroxylation is 1. The van der Waals surface area contributed by atoms with Crippen molar-refractivity contribution in [2.24, 2.45) is 7.05 Å². The molecular weight excluding hydrogens is 234 g/mol. The molecular formula is C12H15N3OS. The Morgan fingerprint density at radius 2 is 2.47 bits per heavy atom. The Labute approximate surface area is 104 Å². The maximum absolute atomic E-state index is 11.9. The van der Waals surface area contributed by atoms with Crippen molar-refractivity contribution in [2.45, 2.75) is 19.4 Å². The number of rotatable bonds is 4. The van der Waals surface area contributed by atoms with Crippen LogP contribution in [0.2, 0.25) is 0 Å². The Bertz CT molecular complexity index is 490. The molecule has 0 bridgehead atoms. The maximum atomic E-state index is 11.9. The lowest BCUT2D eigenvalue weighted by molar-refractivity contribution is 0.0931. The molecule has 0 aromatic carbocycles. The molecule has 4 nitrogen and oxygen atoms in total. The number of aromatic nitrogens is 2. The average molecular weight is 249 g/mol. The summed E-state index contributed by atoms with van der Waals surface area (Å²) >= 11 is 1.66. The largest absolute Gasteiger partial charge is 0.343 e. The third kappa shape index (κ3) is 2.74. The molecule has 1 N–H and O–H groups in total. The fourth-order valence-corrected chi connectivity index (χ4v) is 2.49. The van der Waals surface area contributed by atoms with Gasteiger partial charge in [-0.15, -0.1) is 11.3 Å². The highest BCUT2D eigenvalue weighted by Gasteiger charge is 2.16. The lowest BCUT2D eigenvalue weighted by Gasteiger charge is -2.14. The first-order valence-corrected chi connectivity index (χ1v) is 6.41. The van der Waals surface area contributed by atoms with E-state index in [0.717, 1.165) is 6.42 Å². The van der Waals surface area contributed by atoms with E-state index in [-0.39, 0.29) is 11.9 Å². The molecule has 0 fully saturated rings. The first kappa shape index (κ1) is 11.9. The summed E-state index contributed by atoms with van der Waals surface area (Å²) < 4.78 is 1.76. The molecule has 0 saturated heterocycles. The van der Waals surface area contributed by atoms with Crippen molar-refractivity contribution >= 4 is 17.2 Å². The number of nitrogens with one attached hydrogen (secondary N) is 1. The highest BCUT2D eigenvalue weighted by Crippen LogP contribution is 2.21. The molecule has 2 rings (SSSR count). The van der Waals surface area contributed by atoms with E-state index >= 15 is 0 Å². The van der Waals surface area contributed by atoms with Crippen LogP contribution in [0.5, 0.6) is 0 Å². The van der Waals surface area contributed by atoms with E-state index in [9.17, 15) is 4.79 Å². The van der Waals surface area contributed by atoms with Gasteiger partial charge in [0.15, 0.2) is 0 Å². The molecule has 1 unspecified atom stereocenters. The third-order valence-corrected chi connectivity index (χ3v) is 3.52. The summed E-state index contributed by atoms with van der Waals surface area (Å²) in [5.41, 5.74) is 0.461. The number of hydrogen-bond acceptors (Lipinski definition) is 3. The van der Waals surface area contributed by atoms with Crippen LogP contribution in [-0.2, 0) is 7.05 Å². The second-order valence-electron chi connectivity index (χ2n) is 3.87. The van der Waals surface area contributed by atoms with Gasteiger partial charge < -0.3 is 9.88 Å². The second kappa shape index (κ2) is 5.14. The monoisotopic (exact) mass is 249 g/mol. The van der Waals surface area contributed by atoms with Crippen molar-refractivity contribution in [3.63, 3.8) is 0 Å². The maximum Gasteiger partial charge on any atom is 0.271 e. The molecule has 2 heterocycles. The standard InChI is InChI=1S/C12H15N3OS/c1-3-9(11-5-4-6-17-11)14-12(16)10-7-15(2)8-13-10/h4-9H,3H2,1-2H3,(H,14,16). The van der Waals surface area contributed by atoms with Crippen molar-refractivity contribution in [1.29, 1.82) is 0 Å². The summed E-state index contributed by atoms with van der Waals surface area (Å²) in [6, 6.07) is 4.11. The van der Waals surface area contributed by atoms with Gasteiger partial charge in [-0.05, 0) is 17.9 Å². The Hall–Kier alpha value is -1.62. The van der Waals surface area contributed by atoms with Gasteiger partial charge in [-0.2, -0.15) is 0 Å². The molecule has 17 heavy (non-hydrogen) atoms. The minimum atomic E-state index is -0.120. The molecule has 5 heteroatoms. The Morgan fingerprint density at radius 3 is 3.00 bits per heavy atom. The smallest absolute Gasteiger partial charge is 0.271 e. The molecule has 0 spiro atoms. The second-order valence-corrected chi connectivity index (χ2v) is 4.85. The van der Waals surface area contributed by atoms with Crippen LogP contribution in [0.25, 0.3) is 0 Å². The van der Waals surface area contributed by atoms with Crippen LogP contribution in [0.4, 0.5) is 0 Å². The Morgan fingerprint density at radius 1 is 1.65 bits per heavy atom. The number of nitrogens with zero attached hydrogens (tertiary/aromatic N) is 2. The van der Waals surface area contributed by atoms with Crippen LogP contribution >= 0.6 is 11.3 Å². The lowest BCUT2D eigenvalue weighted by Crippen LogP contribution is -2.27. The number of imidazole rings is 1. The van der Waals surface area contributed by atoms with E-state index in [1.165, 1.54) is 4.88 Å². The predicted molar refractivity (Wildman–Crippen MR) is 68.0 cm³/mol. The molecule has 0 saturated carbocycles. The zero-order valence-electron chi connectivity index (χ0n) is 9.88. The molecule has 0 aliphatic heterocycles. The van der Waals surface area contributed by atoms with Crippen LogP contribution in [0.15, 0.2) is 30.0 Å². The SMILES string of the molecule is CCC(NC(=O)c1cn(C)cn1)c1cccs1. The Kier molecular flexibility index (Phi) is 3.58. The topological polar surface area (TPSA) is 46.9 Å². The number of carbonyl (C=O) groups is 1. The summed E-state index contributed by atoms with van der Waals surface area (Å²) in [4.78, 5) is 17.2. The van der Waals surface area contributed by atoms with Gasteiger partial charge in [-0.25, -0.2) is 4.98 Å². The highest BCUT2D eigenvalue weighted by atomic mass is 32.1. The fourth-order valence-electron chi connectivity index (χ4n) is 1.63. The summed E-state index contributed by atoms with van der Waals surface area (Å²) in [5, 5.41) is 5.01. The number of amides is 1. The fraction of sp³-hybridized carbons (Fsp3) is 0.333. The summed E-state index contributed by atoms with van der Waals surface area (Å²) in [6.07, 6.45) is 4.22. The average Bonchev–Trinajstić information content (AvgIpc) is 2.96. The predicted octanol–water partition coefficient (Wildman–Crippen LogP) is 2.36. The molecule has 0 aliphatic carbocycles. The van der Waals surface area contributed by atoms with E-state index in [4.69, 9.17) is 0 Å². The van der Waals surface area contributed by atoms with Gasteiger partial charge >= 0.3 is 0 Å². The van der Waals surface area contributed by atoms with E-state index in [2.05, 4.69) is 17.2 Å². The number of thiophene rings is 1. The third-order valence-electron chi connectivity index (χ3n) is 2.54. The molecule has 90 valence electrons. The van der Waals surface area contributed by atoms with Gasteiger partial charge in [-0.1, -0.05) is 13.0 Å². The summed E-state index contributed by atoms with van der Waals surface area (Å²) in [7, 11) is 1.85. The molecule has 2 aromatic rings. The Balaban J connectivity index is 2.07. The van der Waals surface area contributed by atoms with Gasteiger partial charge in [0.05, 0.1) is 12.4 Å². The van der Waals surface area contributed by atoms with Gasteiger partial charge in [0.1, 0.15) is 5.69 Å². The van der Waals surface area contributed by atoms with Crippen molar-refractivity contribution in [2.75, 3.05) is 0 Å². The first-order chi connectivity index (χ1) is 8.20. The molecule has 1 amide bonds. The molecule has 2 aromatic heterocycles. The molecule has 0 aliphatic rings. The molecule has 1 atom stereocenters. The van der Waals surface area contributed by atoms with Gasteiger partial charge in [0, 0.05) is 18.1 Å². The minimum absolute atomic E-state index is 0.0736. The number of carbonyl (C=O) groups excluding carboxylic acids is 1. The van der Waals surface area contributed by atoms with Gasteiger partial charge in [0.25, 0.3) is 5.91 Å². The van der Waals surface area contributed by atoms with E-state index in [0.29, 0.717) is 5.69 Å². The van der Waals surface area contributed by atoms with Gasteiger partial charge in [-0.3, -0.25) is 4.79 Å². The van der Waals surface area contributed by atoms with Crippen LogP contribution in [0.3, 0.4) is 0 Å². The van der Waals surface area contributed by atoms with Crippen LogP contribution in [0, 0.1) is 0 Å². The van der Waals surface area contributed by atoms with Crippen LogP contribution < -0.4 is 5.32 Å². The van der Waals surface area contributed by atoms with Crippen LogP contribution in [0.1, 0.15) is 34.8 Å². The van der Waals surface area contributed by atoms with Crippen molar-refractivity contribution < 1.29 is 4.79 Å². The molecule has 0 radical (unpaired) electrons. The minimum Gasteiger partial charge on any atom is -0.343 e. The quantitative estimate of drug-likeness (QED) is 0.904. The normalized spacial score (nSPS) is 12.4. The van der Waals surface area contributed by atoms with Crippen molar-refractivity contribution in [3.05, 3.63) is 40.6 Å². The highest BCUT2D eigenvalue weighted by molar-refractivity contribution is 7.10. The van der Waals surface area contributed by atoms with Crippen LogP contribution in [-0.4, -0.2) is 15.5 Å². The zero-order valence-corrected chi connectivity index (χ0v) is 10.7. The zero-order chi connectivity index (χ0) is 12.3. The van der Waals surface area contributed by atoms with Crippen molar-refractivity contribution in [3.8, 4) is 0 Å².